The van der Waals surface area contributed by atoms with Crippen molar-refractivity contribution in [3.63, 3.8) is 0 Å². The van der Waals surface area contributed by atoms with Crippen molar-refractivity contribution < 1.29 is 18.3 Å². The molecule has 0 saturated carbocycles. The number of ether oxygens (including phenoxy) is 1. The second kappa shape index (κ2) is 9.69. The van der Waals surface area contributed by atoms with Crippen molar-refractivity contribution in [3.8, 4) is 5.75 Å². The van der Waals surface area contributed by atoms with Crippen LogP contribution < -0.4 is 15.4 Å². The van der Waals surface area contributed by atoms with E-state index in [9.17, 15) is 13.6 Å². The first kappa shape index (κ1) is 19.7. The van der Waals surface area contributed by atoms with E-state index in [-0.39, 0.29) is 24.7 Å². The molecule has 0 saturated heterocycles. The van der Waals surface area contributed by atoms with Crippen LogP contribution in [0.1, 0.15) is 18.1 Å². The zero-order chi connectivity index (χ0) is 18.1. The number of nitrogens with zero attached hydrogens (tertiary/aromatic N) is 2. The average Bonchev–Trinajstić information content (AvgIpc) is 2.51. The zero-order valence-electron chi connectivity index (χ0n) is 14.4. The van der Waals surface area contributed by atoms with Crippen molar-refractivity contribution >= 4 is 11.9 Å². The van der Waals surface area contributed by atoms with Crippen LogP contribution in [-0.4, -0.2) is 50.6 Å². The molecule has 0 fully saturated rings. The van der Waals surface area contributed by atoms with Gasteiger partial charge in [0.05, 0.1) is 13.1 Å². The lowest BCUT2D eigenvalue weighted by Crippen LogP contribution is -2.42. The number of hydrogen-bond acceptors (Lipinski definition) is 3. The van der Waals surface area contributed by atoms with Gasteiger partial charge < -0.3 is 20.3 Å². The van der Waals surface area contributed by atoms with Crippen LogP contribution in [0.3, 0.4) is 0 Å². The van der Waals surface area contributed by atoms with Gasteiger partial charge in [0.15, 0.2) is 5.96 Å². The summed E-state index contributed by atoms with van der Waals surface area (Å²) in [6.07, 6.45) is 0. The summed E-state index contributed by atoms with van der Waals surface area (Å²) in [5.41, 5.74) is 1.47. The Balaban J connectivity index is 2.85. The lowest BCUT2D eigenvalue weighted by atomic mass is 10.1. The van der Waals surface area contributed by atoms with Gasteiger partial charge in [0.1, 0.15) is 5.75 Å². The molecular formula is C16H24F2N4O2. The van der Waals surface area contributed by atoms with Gasteiger partial charge in [-0.1, -0.05) is 17.7 Å². The summed E-state index contributed by atoms with van der Waals surface area (Å²) in [7, 11) is 3.32. The summed E-state index contributed by atoms with van der Waals surface area (Å²) < 4.78 is 29.5. The number of likely N-dealkylation sites (N-methyl/N-ethyl adjacent to an activating group) is 1. The van der Waals surface area contributed by atoms with Crippen molar-refractivity contribution in [1.82, 2.24) is 15.5 Å². The fraction of sp³-hybridized carbons (Fsp3) is 0.500. The standard InChI is InChI=1S/C16H24F2N4O2/c1-5-19-16(21-10-14(23)22(3)4)20-9-12-8-11(2)6-7-13(12)24-15(17)18/h6-8,15H,5,9-10H2,1-4H3,(H2,19,20,21). The highest BCUT2D eigenvalue weighted by Gasteiger charge is 2.10. The lowest BCUT2D eigenvalue weighted by Gasteiger charge is -2.15. The van der Waals surface area contributed by atoms with Crippen LogP contribution in [0.5, 0.6) is 5.75 Å². The maximum absolute atomic E-state index is 12.5. The molecule has 0 radical (unpaired) electrons. The van der Waals surface area contributed by atoms with Crippen LogP contribution in [0, 0.1) is 6.92 Å². The molecule has 8 heteroatoms. The number of nitrogens with one attached hydrogen (secondary N) is 2. The van der Waals surface area contributed by atoms with E-state index >= 15 is 0 Å². The topological polar surface area (TPSA) is 66.0 Å². The van der Waals surface area contributed by atoms with Gasteiger partial charge in [0.2, 0.25) is 5.91 Å². The second-order valence-corrected chi connectivity index (χ2v) is 5.33. The fourth-order valence-electron chi connectivity index (χ4n) is 1.87. The van der Waals surface area contributed by atoms with Crippen molar-refractivity contribution in [2.75, 3.05) is 27.2 Å². The predicted molar refractivity (Wildman–Crippen MR) is 89.3 cm³/mol. The first-order valence-electron chi connectivity index (χ1n) is 7.60. The van der Waals surface area contributed by atoms with Crippen molar-refractivity contribution in [2.24, 2.45) is 4.99 Å². The average molecular weight is 342 g/mol. The maximum atomic E-state index is 12.5. The zero-order valence-corrected chi connectivity index (χ0v) is 14.4. The lowest BCUT2D eigenvalue weighted by molar-refractivity contribution is -0.127. The third kappa shape index (κ3) is 6.80. The molecule has 134 valence electrons. The highest BCUT2D eigenvalue weighted by molar-refractivity contribution is 5.86. The van der Waals surface area contributed by atoms with Gasteiger partial charge in [0.25, 0.3) is 0 Å². The van der Waals surface area contributed by atoms with Crippen molar-refractivity contribution in [1.29, 1.82) is 0 Å². The van der Waals surface area contributed by atoms with Gasteiger partial charge in [-0.15, -0.1) is 0 Å². The highest BCUT2D eigenvalue weighted by Crippen LogP contribution is 2.22. The molecule has 0 aromatic heterocycles. The smallest absolute Gasteiger partial charge is 0.387 e. The summed E-state index contributed by atoms with van der Waals surface area (Å²) in [6, 6.07) is 4.95. The molecule has 6 nitrogen and oxygen atoms in total. The van der Waals surface area contributed by atoms with E-state index in [0.29, 0.717) is 18.1 Å². The molecule has 0 aliphatic rings. The molecule has 1 amide bonds. The summed E-state index contributed by atoms with van der Waals surface area (Å²) in [5.74, 6) is 0.426. The van der Waals surface area contributed by atoms with E-state index in [1.807, 2.05) is 13.8 Å². The number of alkyl halides is 2. The summed E-state index contributed by atoms with van der Waals surface area (Å²) in [6.45, 7) is 1.71. The minimum Gasteiger partial charge on any atom is -0.434 e. The second-order valence-electron chi connectivity index (χ2n) is 5.33. The Morgan fingerprint density at radius 3 is 2.62 bits per heavy atom. The summed E-state index contributed by atoms with van der Waals surface area (Å²) in [5, 5.41) is 5.91. The van der Waals surface area contributed by atoms with E-state index in [1.165, 1.54) is 11.0 Å². The van der Waals surface area contributed by atoms with Crippen LogP contribution >= 0.6 is 0 Å². The van der Waals surface area contributed by atoms with Gasteiger partial charge in [0, 0.05) is 26.2 Å². The monoisotopic (exact) mass is 342 g/mol. The molecule has 0 spiro atoms. The third-order valence-corrected chi connectivity index (χ3v) is 3.09. The van der Waals surface area contributed by atoms with E-state index in [0.717, 1.165) is 5.56 Å². The summed E-state index contributed by atoms with van der Waals surface area (Å²) in [4.78, 5) is 17.4. The molecule has 0 aliphatic heterocycles. The van der Waals surface area contributed by atoms with E-state index in [1.54, 1.807) is 26.2 Å². The fourth-order valence-corrected chi connectivity index (χ4v) is 1.87. The van der Waals surface area contributed by atoms with Crippen LogP contribution in [0.25, 0.3) is 0 Å². The number of guanidine groups is 1. The van der Waals surface area contributed by atoms with E-state index in [4.69, 9.17) is 0 Å². The minimum atomic E-state index is -2.89. The first-order valence-corrected chi connectivity index (χ1v) is 7.60. The Morgan fingerprint density at radius 2 is 2.04 bits per heavy atom. The van der Waals surface area contributed by atoms with Crippen LogP contribution in [0.15, 0.2) is 23.2 Å². The van der Waals surface area contributed by atoms with Crippen molar-refractivity contribution in [3.05, 3.63) is 29.3 Å². The molecule has 24 heavy (non-hydrogen) atoms. The summed E-state index contributed by atoms with van der Waals surface area (Å²) >= 11 is 0. The molecule has 0 heterocycles. The number of benzene rings is 1. The molecule has 0 bridgehead atoms. The molecule has 0 unspecified atom stereocenters. The van der Waals surface area contributed by atoms with Gasteiger partial charge >= 0.3 is 6.61 Å². The number of halogens is 2. The number of rotatable bonds is 7. The van der Waals surface area contributed by atoms with Crippen LogP contribution in [0.2, 0.25) is 0 Å². The Kier molecular flexibility index (Phi) is 7.94. The first-order chi connectivity index (χ1) is 11.3. The number of amides is 1. The van der Waals surface area contributed by atoms with Gasteiger partial charge in [-0.25, -0.2) is 4.99 Å². The largest absolute Gasteiger partial charge is 0.434 e. The van der Waals surface area contributed by atoms with Gasteiger partial charge in [-0.3, -0.25) is 4.79 Å². The Labute approximate surface area is 140 Å². The Morgan fingerprint density at radius 1 is 1.33 bits per heavy atom. The number of carbonyl (C=O) groups excluding carboxylic acids is 1. The SMILES string of the molecule is CCNC(=NCc1cc(C)ccc1OC(F)F)NCC(=O)N(C)C. The number of carbonyl (C=O) groups is 1. The number of hydrogen-bond donors (Lipinski definition) is 2. The third-order valence-electron chi connectivity index (χ3n) is 3.09. The minimum absolute atomic E-state index is 0.0903. The molecule has 0 aliphatic carbocycles. The van der Waals surface area contributed by atoms with Gasteiger partial charge in [-0.05, 0) is 19.9 Å². The maximum Gasteiger partial charge on any atom is 0.387 e. The highest BCUT2D eigenvalue weighted by atomic mass is 19.3. The molecule has 2 N–H and O–H groups in total. The van der Waals surface area contributed by atoms with E-state index in [2.05, 4.69) is 20.4 Å². The molecule has 1 aromatic carbocycles. The molecule has 1 rings (SSSR count). The van der Waals surface area contributed by atoms with Crippen LogP contribution in [-0.2, 0) is 11.3 Å². The van der Waals surface area contributed by atoms with Crippen LogP contribution in [0.4, 0.5) is 8.78 Å². The van der Waals surface area contributed by atoms with E-state index < -0.39 is 6.61 Å². The Hall–Kier alpha value is -2.38. The number of aliphatic imine (C=N–C) groups is 1. The normalized spacial score (nSPS) is 11.4. The number of aryl methyl sites for hydroxylation is 1. The Bertz CT molecular complexity index is 577. The quantitative estimate of drug-likeness (QED) is 0.585. The predicted octanol–water partition coefficient (Wildman–Crippen LogP) is 1.74. The molecule has 0 atom stereocenters. The van der Waals surface area contributed by atoms with Crippen molar-refractivity contribution in [2.45, 2.75) is 27.0 Å². The molecule has 1 aromatic rings. The molecular weight excluding hydrogens is 318 g/mol. The van der Waals surface area contributed by atoms with Gasteiger partial charge in [-0.2, -0.15) is 8.78 Å².